The highest BCUT2D eigenvalue weighted by atomic mass is 32.2. The van der Waals surface area contributed by atoms with Gasteiger partial charge in [-0.25, -0.2) is 8.42 Å². The molecule has 4 aromatic rings. The zero-order valence-corrected chi connectivity index (χ0v) is 19.9. The first kappa shape index (κ1) is 22.0. The van der Waals surface area contributed by atoms with E-state index in [9.17, 15) is 18.5 Å². The number of nitriles is 1. The SMILES string of the molecule is CN1Cc2cc(-c3ccc(-c4cncc(CS(=O)(=O)c5ccccc5C#N)c4)s3)ccc2C1=O. The number of rotatable bonds is 5. The molecule has 0 bridgehead atoms. The Kier molecular flexibility index (Phi) is 5.52. The highest BCUT2D eigenvalue weighted by molar-refractivity contribution is 7.90. The van der Waals surface area contributed by atoms with Crippen molar-refractivity contribution >= 4 is 27.1 Å². The minimum Gasteiger partial charge on any atom is -0.337 e. The van der Waals surface area contributed by atoms with Gasteiger partial charge in [0.15, 0.2) is 9.84 Å². The molecule has 8 heteroatoms. The van der Waals surface area contributed by atoms with E-state index < -0.39 is 9.84 Å². The summed E-state index contributed by atoms with van der Waals surface area (Å²) in [5, 5.41) is 9.27. The van der Waals surface area contributed by atoms with E-state index in [4.69, 9.17) is 0 Å². The zero-order valence-electron chi connectivity index (χ0n) is 18.2. The van der Waals surface area contributed by atoms with Crippen LogP contribution < -0.4 is 0 Å². The summed E-state index contributed by atoms with van der Waals surface area (Å²) in [7, 11) is -1.90. The third kappa shape index (κ3) is 4.00. The van der Waals surface area contributed by atoms with Gasteiger partial charge in [-0.2, -0.15) is 5.26 Å². The summed E-state index contributed by atoms with van der Waals surface area (Å²) in [6.45, 7) is 0.607. The first-order chi connectivity index (χ1) is 16.4. The van der Waals surface area contributed by atoms with Gasteiger partial charge >= 0.3 is 0 Å². The number of nitrogens with zero attached hydrogens (tertiary/aromatic N) is 3. The van der Waals surface area contributed by atoms with Crippen molar-refractivity contribution in [3.05, 3.63) is 95.3 Å². The van der Waals surface area contributed by atoms with Crippen molar-refractivity contribution < 1.29 is 13.2 Å². The summed E-state index contributed by atoms with van der Waals surface area (Å²) in [5.74, 6) is -0.194. The molecule has 0 radical (unpaired) electrons. The second kappa shape index (κ2) is 8.52. The van der Waals surface area contributed by atoms with Crippen LogP contribution in [0.1, 0.15) is 27.0 Å². The molecule has 0 unspecified atom stereocenters. The van der Waals surface area contributed by atoms with Gasteiger partial charge < -0.3 is 4.90 Å². The lowest BCUT2D eigenvalue weighted by molar-refractivity contribution is 0.0816. The second-order valence-corrected chi connectivity index (χ2v) is 11.2. The minimum atomic E-state index is -3.70. The van der Waals surface area contributed by atoms with Crippen LogP contribution in [0, 0.1) is 11.3 Å². The van der Waals surface area contributed by atoms with Crippen molar-refractivity contribution in [1.29, 1.82) is 5.26 Å². The van der Waals surface area contributed by atoms with Crippen LogP contribution in [0.5, 0.6) is 0 Å². The van der Waals surface area contributed by atoms with Crippen molar-refractivity contribution in [2.45, 2.75) is 17.2 Å². The molecule has 2 aromatic carbocycles. The Morgan fingerprint density at radius 1 is 1.03 bits per heavy atom. The quantitative estimate of drug-likeness (QED) is 0.401. The third-order valence-corrected chi connectivity index (χ3v) is 8.68. The van der Waals surface area contributed by atoms with Gasteiger partial charge in [0.1, 0.15) is 6.07 Å². The molecular weight excluding hydrogens is 466 g/mol. The molecule has 0 spiro atoms. The molecule has 0 saturated carbocycles. The van der Waals surface area contributed by atoms with Gasteiger partial charge in [-0.05, 0) is 59.2 Å². The van der Waals surface area contributed by atoms with Crippen molar-refractivity contribution in [2.24, 2.45) is 0 Å². The average Bonchev–Trinajstić information content (AvgIpc) is 3.44. The van der Waals surface area contributed by atoms with Gasteiger partial charge in [0.05, 0.1) is 16.2 Å². The van der Waals surface area contributed by atoms with Crippen molar-refractivity contribution in [1.82, 2.24) is 9.88 Å². The Morgan fingerprint density at radius 2 is 1.79 bits per heavy atom. The fourth-order valence-electron chi connectivity index (χ4n) is 4.10. The molecule has 0 fully saturated rings. The van der Waals surface area contributed by atoms with E-state index in [-0.39, 0.29) is 22.1 Å². The van der Waals surface area contributed by atoms with Gasteiger partial charge in [-0.3, -0.25) is 9.78 Å². The van der Waals surface area contributed by atoms with Crippen LogP contribution >= 0.6 is 11.3 Å². The smallest absolute Gasteiger partial charge is 0.254 e. The van der Waals surface area contributed by atoms with Crippen molar-refractivity contribution in [3.8, 4) is 27.0 Å². The van der Waals surface area contributed by atoms with Crippen LogP contribution in [-0.2, 0) is 22.1 Å². The number of benzene rings is 2. The predicted molar refractivity (Wildman–Crippen MR) is 131 cm³/mol. The van der Waals surface area contributed by atoms with Gasteiger partial charge in [0, 0.05) is 46.9 Å². The van der Waals surface area contributed by atoms with Crippen LogP contribution in [0.4, 0.5) is 0 Å². The van der Waals surface area contributed by atoms with E-state index in [1.807, 2.05) is 36.4 Å². The number of fused-ring (bicyclic) bond motifs is 1. The molecule has 168 valence electrons. The number of carbonyl (C=O) groups excluding carboxylic acids is 1. The molecule has 1 aliphatic heterocycles. The van der Waals surface area contributed by atoms with Crippen LogP contribution in [0.3, 0.4) is 0 Å². The summed E-state index contributed by atoms with van der Waals surface area (Å²) in [5.41, 5.74) is 4.33. The number of thiophene rings is 1. The number of amides is 1. The lowest BCUT2D eigenvalue weighted by Gasteiger charge is -2.07. The normalized spacial score (nSPS) is 13.1. The second-order valence-electron chi connectivity index (χ2n) is 8.15. The van der Waals surface area contributed by atoms with Gasteiger partial charge in [0.2, 0.25) is 0 Å². The van der Waals surface area contributed by atoms with E-state index in [1.54, 1.807) is 47.8 Å². The Bertz CT molecular complexity index is 1580. The molecule has 6 nitrogen and oxygen atoms in total. The summed E-state index contributed by atoms with van der Waals surface area (Å²) < 4.78 is 25.9. The molecule has 5 rings (SSSR count). The van der Waals surface area contributed by atoms with Gasteiger partial charge in [0.25, 0.3) is 5.91 Å². The maximum atomic E-state index is 13.0. The largest absolute Gasteiger partial charge is 0.337 e. The lowest BCUT2D eigenvalue weighted by atomic mass is 10.1. The van der Waals surface area contributed by atoms with Gasteiger partial charge in [-0.15, -0.1) is 11.3 Å². The fraction of sp³-hybridized carbons (Fsp3) is 0.115. The maximum absolute atomic E-state index is 13.0. The molecule has 3 heterocycles. The molecule has 0 atom stereocenters. The highest BCUT2D eigenvalue weighted by Crippen LogP contribution is 2.36. The first-order valence-electron chi connectivity index (χ1n) is 10.5. The molecule has 34 heavy (non-hydrogen) atoms. The van der Waals surface area contributed by atoms with Crippen LogP contribution in [0.15, 0.2) is 78.0 Å². The number of pyridine rings is 1. The highest BCUT2D eigenvalue weighted by Gasteiger charge is 2.24. The maximum Gasteiger partial charge on any atom is 0.254 e. The lowest BCUT2D eigenvalue weighted by Crippen LogP contribution is -2.17. The Labute approximate surface area is 201 Å². The van der Waals surface area contributed by atoms with E-state index in [0.717, 1.165) is 32.0 Å². The van der Waals surface area contributed by atoms with Crippen molar-refractivity contribution in [3.63, 3.8) is 0 Å². The third-order valence-electron chi connectivity index (χ3n) is 5.76. The summed E-state index contributed by atoms with van der Waals surface area (Å²) >= 11 is 1.58. The van der Waals surface area contributed by atoms with Gasteiger partial charge in [-0.1, -0.05) is 18.2 Å². The number of aromatic nitrogens is 1. The molecular formula is C26H19N3O3S2. The molecule has 0 aliphatic carbocycles. The number of sulfone groups is 1. The molecule has 1 amide bonds. The van der Waals surface area contributed by atoms with Crippen LogP contribution in [-0.4, -0.2) is 31.3 Å². The predicted octanol–water partition coefficient (Wildman–Crippen LogP) is 4.91. The molecule has 0 saturated heterocycles. The Balaban J connectivity index is 1.42. The molecule has 2 aromatic heterocycles. The topological polar surface area (TPSA) is 91.1 Å². The monoisotopic (exact) mass is 485 g/mol. The fourth-order valence-corrected chi connectivity index (χ4v) is 6.57. The van der Waals surface area contributed by atoms with E-state index in [2.05, 4.69) is 11.1 Å². The van der Waals surface area contributed by atoms with Crippen LogP contribution in [0.25, 0.3) is 20.9 Å². The van der Waals surface area contributed by atoms with Crippen molar-refractivity contribution in [2.75, 3.05) is 7.05 Å². The number of hydrogen-bond acceptors (Lipinski definition) is 6. The minimum absolute atomic E-state index is 0.0297. The average molecular weight is 486 g/mol. The summed E-state index contributed by atoms with van der Waals surface area (Å²) in [6.07, 6.45) is 3.25. The Morgan fingerprint density at radius 3 is 2.59 bits per heavy atom. The number of hydrogen-bond donors (Lipinski definition) is 0. The van der Waals surface area contributed by atoms with Crippen LogP contribution in [0.2, 0.25) is 0 Å². The molecule has 1 aliphatic rings. The van der Waals surface area contributed by atoms with E-state index in [0.29, 0.717) is 12.1 Å². The zero-order chi connectivity index (χ0) is 23.9. The summed E-state index contributed by atoms with van der Waals surface area (Å²) in [6, 6.07) is 19.9. The van der Waals surface area contributed by atoms with E-state index in [1.165, 1.54) is 12.1 Å². The molecule has 0 N–H and O–H groups in total. The standard InChI is InChI=1S/C26H19N3O3S2/c1-29-15-21-11-18(6-7-22(21)26(29)30)23-8-9-24(33-23)20-10-17(13-28-14-20)16-34(31,32)25-5-3-2-4-19(25)12-27/h2-11,13-14H,15-16H2,1H3. The first-order valence-corrected chi connectivity index (χ1v) is 13.0. The number of carbonyl (C=O) groups is 1. The summed E-state index contributed by atoms with van der Waals surface area (Å²) in [4.78, 5) is 20.2. The van der Waals surface area contributed by atoms with E-state index >= 15 is 0 Å². The Hall–Kier alpha value is -3.80.